The van der Waals surface area contributed by atoms with E-state index in [2.05, 4.69) is 16.3 Å². The van der Waals surface area contributed by atoms with Gasteiger partial charge in [-0.2, -0.15) is 5.26 Å². The number of nitrogens with two attached hydrogens (primary N) is 1. The summed E-state index contributed by atoms with van der Waals surface area (Å²) in [5.41, 5.74) is 8.06. The van der Waals surface area contributed by atoms with Gasteiger partial charge in [0.15, 0.2) is 0 Å². The lowest BCUT2D eigenvalue weighted by Gasteiger charge is -2.20. The van der Waals surface area contributed by atoms with Gasteiger partial charge in [0.05, 0.1) is 23.0 Å². The van der Waals surface area contributed by atoms with E-state index in [0.29, 0.717) is 11.3 Å². The number of hydrogen-bond acceptors (Lipinski definition) is 4. The van der Waals surface area contributed by atoms with Crippen LogP contribution >= 0.6 is 0 Å². The highest BCUT2D eigenvalue weighted by Crippen LogP contribution is 2.22. The second-order valence-corrected chi connectivity index (χ2v) is 3.41. The molecule has 0 spiro atoms. The third-order valence-corrected chi connectivity index (χ3v) is 2.27. The molecular formula is C11H16N4. The van der Waals surface area contributed by atoms with E-state index in [1.54, 1.807) is 12.1 Å². The van der Waals surface area contributed by atoms with Gasteiger partial charge in [-0.1, -0.05) is 0 Å². The van der Waals surface area contributed by atoms with Crippen molar-refractivity contribution in [1.29, 1.82) is 5.26 Å². The van der Waals surface area contributed by atoms with Crippen LogP contribution in [0.4, 0.5) is 11.4 Å². The summed E-state index contributed by atoms with van der Waals surface area (Å²) in [7, 11) is 3.89. The van der Waals surface area contributed by atoms with Crippen molar-refractivity contribution in [2.24, 2.45) is 0 Å². The van der Waals surface area contributed by atoms with Gasteiger partial charge in [-0.3, -0.25) is 0 Å². The standard InChI is InChI=1S/C11H16N4/c1-14-5-6-15(2)11-4-3-9(8-12)7-10(11)13/h3-4,7,14H,5-6,13H2,1-2H3. The van der Waals surface area contributed by atoms with Crippen molar-refractivity contribution in [2.45, 2.75) is 0 Å². The van der Waals surface area contributed by atoms with Crippen LogP contribution in [0.2, 0.25) is 0 Å². The molecule has 0 amide bonds. The first-order valence-electron chi connectivity index (χ1n) is 4.84. The summed E-state index contributed by atoms with van der Waals surface area (Å²) in [5.74, 6) is 0. The van der Waals surface area contributed by atoms with E-state index in [1.807, 2.05) is 20.2 Å². The fraction of sp³-hybridized carbons (Fsp3) is 0.364. The van der Waals surface area contributed by atoms with Crippen LogP contribution < -0.4 is 16.0 Å². The smallest absolute Gasteiger partial charge is 0.0992 e. The fourth-order valence-corrected chi connectivity index (χ4v) is 1.37. The van der Waals surface area contributed by atoms with Crippen molar-refractivity contribution >= 4 is 11.4 Å². The Hall–Kier alpha value is -1.73. The summed E-state index contributed by atoms with van der Waals surface area (Å²) in [6.07, 6.45) is 0. The Labute approximate surface area is 90.3 Å². The quantitative estimate of drug-likeness (QED) is 0.712. The molecule has 1 aromatic rings. The largest absolute Gasteiger partial charge is 0.397 e. The molecule has 0 bridgehead atoms. The number of nitriles is 1. The summed E-state index contributed by atoms with van der Waals surface area (Å²) in [4.78, 5) is 2.06. The van der Waals surface area contributed by atoms with Crippen molar-refractivity contribution < 1.29 is 0 Å². The minimum atomic E-state index is 0.596. The SMILES string of the molecule is CNCCN(C)c1ccc(C#N)cc1N. The predicted molar refractivity (Wildman–Crippen MR) is 62.8 cm³/mol. The van der Waals surface area contributed by atoms with Gasteiger partial charge in [-0.25, -0.2) is 0 Å². The topological polar surface area (TPSA) is 65.1 Å². The lowest BCUT2D eigenvalue weighted by atomic mass is 10.2. The van der Waals surface area contributed by atoms with Gasteiger partial charge in [-0.05, 0) is 25.2 Å². The minimum Gasteiger partial charge on any atom is -0.397 e. The lowest BCUT2D eigenvalue weighted by Crippen LogP contribution is -2.27. The molecular weight excluding hydrogens is 188 g/mol. The summed E-state index contributed by atoms with van der Waals surface area (Å²) in [6.45, 7) is 1.78. The highest BCUT2D eigenvalue weighted by molar-refractivity contribution is 5.69. The van der Waals surface area contributed by atoms with E-state index in [1.165, 1.54) is 0 Å². The van der Waals surface area contributed by atoms with Gasteiger partial charge in [0.2, 0.25) is 0 Å². The van der Waals surface area contributed by atoms with Crippen LogP contribution in [0, 0.1) is 11.3 Å². The zero-order valence-corrected chi connectivity index (χ0v) is 9.12. The zero-order chi connectivity index (χ0) is 11.3. The van der Waals surface area contributed by atoms with Crippen LogP contribution in [-0.2, 0) is 0 Å². The molecule has 80 valence electrons. The molecule has 0 atom stereocenters. The van der Waals surface area contributed by atoms with Crippen LogP contribution in [0.15, 0.2) is 18.2 Å². The maximum absolute atomic E-state index is 8.70. The van der Waals surface area contributed by atoms with Crippen LogP contribution in [0.25, 0.3) is 0 Å². The average molecular weight is 204 g/mol. The van der Waals surface area contributed by atoms with Crippen LogP contribution in [-0.4, -0.2) is 27.2 Å². The monoisotopic (exact) mass is 204 g/mol. The maximum atomic E-state index is 8.70. The van der Waals surface area contributed by atoms with E-state index < -0.39 is 0 Å². The molecule has 0 aromatic heterocycles. The van der Waals surface area contributed by atoms with E-state index in [-0.39, 0.29) is 0 Å². The van der Waals surface area contributed by atoms with Gasteiger partial charge in [0.1, 0.15) is 0 Å². The third-order valence-electron chi connectivity index (χ3n) is 2.27. The number of benzene rings is 1. The molecule has 0 radical (unpaired) electrons. The molecule has 3 N–H and O–H groups in total. The maximum Gasteiger partial charge on any atom is 0.0992 e. The molecule has 0 heterocycles. The summed E-state index contributed by atoms with van der Waals surface area (Å²) < 4.78 is 0. The first-order valence-corrected chi connectivity index (χ1v) is 4.84. The molecule has 4 nitrogen and oxygen atoms in total. The zero-order valence-electron chi connectivity index (χ0n) is 9.12. The molecule has 0 aliphatic carbocycles. The summed E-state index contributed by atoms with van der Waals surface area (Å²) in [6, 6.07) is 7.42. The van der Waals surface area contributed by atoms with Crippen LogP contribution in [0.3, 0.4) is 0 Å². The van der Waals surface area contributed by atoms with E-state index in [4.69, 9.17) is 11.0 Å². The third kappa shape index (κ3) is 2.86. The first kappa shape index (κ1) is 11.3. The normalized spacial score (nSPS) is 9.67. The molecule has 1 rings (SSSR count). The van der Waals surface area contributed by atoms with E-state index in [0.717, 1.165) is 18.8 Å². The molecule has 0 saturated carbocycles. The number of nitrogens with zero attached hydrogens (tertiary/aromatic N) is 2. The Morgan fingerprint density at radius 3 is 2.80 bits per heavy atom. The number of nitrogen functional groups attached to an aromatic ring is 1. The molecule has 15 heavy (non-hydrogen) atoms. The number of nitrogens with one attached hydrogen (secondary N) is 1. The Morgan fingerprint density at radius 2 is 2.27 bits per heavy atom. The van der Waals surface area contributed by atoms with Crippen molar-refractivity contribution in [2.75, 3.05) is 37.8 Å². The number of rotatable bonds is 4. The van der Waals surface area contributed by atoms with E-state index >= 15 is 0 Å². The molecule has 0 aliphatic heterocycles. The Kier molecular flexibility index (Phi) is 3.95. The highest BCUT2D eigenvalue weighted by atomic mass is 15.1. The van der Waals surface area contributed by atoms with Crippen LogP contribution in [0.1, 0.15) is 5.56 Å². The first-order chi connectivity index (χ1) is 7.19. The van der Waals surface area contributed by atoms with Crippen LogP contribution in [0.5, 0.6) is 0 Å². The minimum absolute atomic E-state index is 0.596. The Bertz CT molecular complexity index is 367. The molecule has 0 saturated heterocycles. The molecule has 4 heteroatoms. The van der Waals surface area contributed by atoms with Crippen molar-refractivity contribution in [3.63, 3.8) is 0 Å². The molecule has 0 unspecified atom stereocenters. The Morgan fingerprint density at radius 1 is 1.53 bits per heavy atom. The van der Waals surface area contributed by atoms with Gasteiger partial charge in [-0.15, -0.1) is 0 Å². The van der Waals surface area contributed by atoms with E-state index in [9.17, 15) is 0 Å². The number of likely N-dealkylation sites (N-methyl/N-ethyl adjacent to an activating group) is 2. The molecule has 1 aromatic carbocycles. The summed E-state index contributed by atoms with van der Waals surface area (Å²) >= 11 is 0. The van der Waals surface area contributed by atoms with Gasteiger partial charge < -0.3 is 16.0 Å². The lowest BCUT2D eigenvalue weighted by molar-refractivity contribution is 0.768. The van der Waals surface area contributed by atoms with Gasteiger partial charge in [0, 0.05) is 20.1 Å². The van der Waals surface area contributed by atoms with Crippen molar-refractivity contribution in [3.05, 3.63) is 23.8 Å². The van der Waals surface area contributed by atoms with Gasteiger partial charge in [0.25, 0.3) is 0 Å². The Balaban J connectivity index is 2.82. The highest BCUT2D eigenvalue weighted by Gasteiger charge is 2.05. The fourth-order valence-electron chi connectivity index (χ4n) is 1.37. The van der Waals surface area contributed by atoms with Crippen molar-refractivity contribution in [1.82, 2.24) is 5.32 Å². The number of hydrogen-bond donors (Lipinski definition) is 2. The second-order valence-electron chi connectivity index (χ2n) is 3.41. The molecule has 0 fully saturated rings. The summed E-state index contributed by atoms with van der Waals surface area (Å²) in [5, 5.41) is 11.8. The van der Waals surface area contributed by atoms with Crippen molar-refractivity contribution in [3.8, 4) is 6.07 Å². The second kappa shape index (κ2) is 5.23. The number of anilines is 2. The average Bonchev–Trinajstić information content (AvgIpc) is 2.25. The molecule has 0 aliphatic rings. The predicted octanol–water partition coefficient (Wildman–Crippen LogP) is 0.796. The van der Waals surface area contributed by atoms with Gasteiger partial charge >= 0.3 is 0 Å².